The van der Waals surface area contributed by atoms with Gasteiger partial charge in [-0.2, -0.15) is 0 Å². The summed E-state index contributed by atoms with van der Waals surface area (Å²) in [5.41, 5.74) is 0. The lowest BCUT2D eigenvalue weighted by Crippen LogP contribution is -2.35. The minimum atomic E-state index is 0.579. The normalized spacial score (nSPS) is 13.7. The maximum atomic E-state index is 5.91. The fourth-order valence-electron chi connectivity index (χ4n) is 2.48. The van der Waals surface area contributed by atoms with Crippen molar-refractivity contribution in [1.29, 1.82) is 0 Å². The van der Waals surface area contributed by atoms with E-state index < -0.39 is 0 Å². The van der Waals surface area contributed by atoms with Crippen molar-refractivity contribution < 1.29 is 9.47 Å². The molecule has 0 bridgehead atoms. The van der Waals surface area contributed by atoms with Gasteiger partial charge in [0.25, 0.3) is 0 Å². The van der Waals surface area contributed by atoms with Gasteiger partial charge < -0.3 is 14.8 Å². The molecule has 0 aliphatic heterocycles. The number of benzene rings is 1. The summed E-state index contributed by atoms with van der Waals surface area (Å²) in [6.45, 7) is 11.2. The van der Waals surface area contributed by atoms with Crippen LogP contribution in [-0.4, -0.2) is 25.8 Å². The molecule has 1 aromatic rings. The smallest absolute Gasteiger partial charge is 0.161 e. The Labute approximate surface area is 130 Å². The number of ether oxygens (including phenoxy) is 2. The van der Waals surface area contributed by atoms with Crippen LogP contribution >= 0.6 is 0 Å². The third kappa shape index (κ3) is 6.38. The van der Waals surface area contributed by atoms with Crippen LogP contribution in [0.5, 0.6) is 11.5 Å². The minimum Gasteiger partial charge on any atom is -0.490 e. The second-order valence-electron chi connectivity index (χ2n) is 5.46. The molecule has 0 aromatic heterocycles. The zero-order valence-electron chi connectivity index (χ0n) is 14.0. The number of rotatable bonds is 11. The van der Waals surface area contributed by atoms with Crippen LogP contribution in [0.2, 0.25) is 0 Å². The lowest BCUT2D eigenvalue weighted by Gasteiger charge is -2.24. The van der Waals surface area contributed by atoms with Gasteiger partial charge in [0.05, 0.1) is 13.2 Å². The summed E-state index contributed by atoms with van der Waals surface area (Å²) in [5.74, 6) is 2.30. The van der Waals surface area contributed by atoms with E-state index in [0.717, 1.165) is 37.5 Å². The quantitative estimate of drug-likeness (QED) is 0.661. The Morgan fingerprint density at radius 2 is 1.71 bits per heavy atom. The van der Waals surface area contributed by atoms with Gasteiger partial charge in [-0.25, -0.2) is 0 Å². The second kappa shape index (κ2) is 10.5. The van der Waals surface area contributed by atoms with Crippen molar-refractivity contribution in [2.24, 2.45) is 5.92 Å². The number of hydrogen-bond donors (Lipinski definition) is 1. The summed E-state index contributed by atoms with van der Waals surface area (Å²) in [6, 6.07) is 8.47. The fourth-order valence-corrected chi connectivity index (χ4v) is 2.48. The second-order valence-corrected chi connectivity index (χ2v) is 5.46. The highest BCUT2D eigenvalue weighted by Crippen LogP contribution is 2.26. The molecule has 0 aliphatic rings. The molecular formula is C18H31NO2. The first-order valence-electron chi connectivity index (χ1n) is 8.30. The van der Waals surface area contributed by atoms with Crippen molar-refractivity contribution in [2.45, 2.75) is 53.0 Å². The van der Waals surface area contributed by atoms with E-state index in [0.29, 0.717) is 18.6 Å². The van der Waals surface area contributed by atoms with E-state index in [1.165, 1.54) is 6.42 Å². The van der Waals surface area contributed by atoms with Gasteiger partial charge in [-0.15, -0.1) is 0 Å². The first-order chi connectivity index (χ1) is 10.2. The van der Waals surface area contributed by atoms with E-state index in [-0.39, 0.29) is 0 Å². The highest BCUT2D eigenvalue weighted by atomic mass is 16.5. The monoisotopic (exact) mass is 293 g/mol. The maximum Gasteiger partial charge on any atom is 0.161 e. The zero-order chi connectivity index (χ0) is 15.5. The molecule has 2 unspecified atom stereocenters. The molecule has 0 saturated heterocycles. The van der Waals surface area contributed by atoms with Crippen LogP contribution in [0.15, 0.2) is 24.3 Å². The van der Waals surface area contributed by atoms with Crippen LogP contribution in [0.1, 0.15) is 47.0 Å². The molecule has 0 heterocycles. The van der Waals surface area contributed by atoms with Gasteiger partial charge in [0.2, 0.25) is 0 Å². The van der Waals surface area contributed by atoms with E-state index in [9.17, 15) is 0 Å². The van der Waals surface area contributed by atoms with E-state index in [2.05, 4.69) is 26.1 Å². The molecular weight excluding hydrogens is 262 g/mol. The Morgan fingerprint density at radius 1 is 1.05 bits per heavy atom. The predicted octanol–water partition coefficient (Wildman–Crippen LogP) is 4.27. The molecule has 2 atom stereocenters. The molecule has 0 fully saturated rings. The van der Waals surface area contributed by atoms with Gasteiger partial charge in [-0.1, -0.05) is 32.9 Å². The fraction of sp³-hybridized carbons (Fsp3) is 0.667. The summed E-state index contributed by atoms with van der Waals surface area (Å²) in [4.78, 5) is 0. The first kappa shape index (κ1) is 17.8. The van der Waals surface area contributed by atoms with Crippen LogP contribution in [-0.2, 0) is 0 Å². The molecule has 1 N–H and O–H groups in total. The molecule has 21 heavy (non-hydrogen) atoms. The third-order valence-corrected chi connectivity index (χ3v) is 3.76. The molecule has 3 nitrogen and oxygen atoms in total. The molecule has 0 saturated carbocycles. The van der Waals surface area contributed by atoms with Crippen molar-refractivity contribution in [1.82, 2.24) is 5.32 Å². The molecule has 120 valence electrons. The maximum absolute atomic E-state index is 5.91. The lowest BCUT2D eigenvalue weighted by atomic mass is 9.96. The van der Waals surface area contributed by atoms with E-state index in [1.807, 2.05) is 31.2 Å². The minimum absolute atomic E-state index is 0.579. The predicted molar refractivity (Wildman–Crippen MR) is 89.3 cm³/mol. The van der Waals surface area contributed by atoms with Crippen molar-refractivity contribution in [3.8, 4) is 11.5 Å². The highest BCUT2D eigenvalue weighted by molar-refractivity contribution is 5.39. The molecule has 0 spiro atoms. The van der Waals surface area contributed by atoms with Crippen LogP contribution in [0, 0.1) is 5.92 Å². The number of hydrogen-bond acceptors (Lipinski definition) is 3. The summed E-state index contributed by atoms with van der Waals surface area (Å²) in [5, 5.41) is 3.62. The van der Waals surface area contributed by atoms with Crippen molar-refractivity contribution in [2.75, 3.05) is 19.8 Å². The standard InChI is InChI=1S/C18H31NO2/c1-5-13-19-16(6-2)15(4)12-14-21-18-11-9-8-10-17(18)20-7-3/h8-11,15-16,19H,5-7,12-14H2,1-4H3. The Balaban J connectivity index is 2.41. The van der Waals surface area contributed by atoms with Crippen LogP contribution in [0.25, 0.3) is 0 Å². The van der Waals surface area contributed by atoms with Crippen molar-refractivity contribution >= 4 is 0 Å². The topological polar surface area (TPSA) is 30.5 Å². The largest absolute Gasteiger partial charge is 0.490 e. The van der Waals surface area contributed by atoms with Gasteiger partial charge >= 0.3 is 0 Å². The Kier molecular flexibility index (Phi) is 8.91. The van der Waals surface area contributed by atoms with Crippen LogP contribution in [0.4, 0.5) is 0 Å². The number of nitrogens with one attached hydrogen (secondary N) is 1. The summed E-state index contributed by atoms with van der Waals surface area (Å²) in [6.07, 6.45) is 3.40. The van der Waals surface area contributed by atoms with Crippen molar-refractivity contribution in [3.05, 3.63) is 24.3 Å². The Hall–Kier alpha value is -1.22. The average Bonchev–Trinajstić information content (AvgIpc) is 2.50. The van der Waals surface area contributed by atoms with Crippen molar-refractivity contribution in [3.63, 3.8) is 0 Å². The summed E-state index contributed by atoms with van der Waals surface area (Å²) in [7, 11) is 0. The Morgan fingerprint density at radius 3 is 2.29 bits per heavy atom. The molecule has 0 aliphatic carbocycles. The molecule has 0 radical (unpaired) electrons. The summed E-state index contributed by atoms with van der Waals surface area (Å²) < 4.78 is 11.5. The average molecular weight is 293 g/mol. The number of para-hydroxylation sites is 2. The van der Waals surface area contributed by atoms with E-state index in [4.69, 9.17) is 9.47 Å². The first-order valence-corrected chi connectivity index (χ1v) is 8.30. The van der Waals surface area contributed by atoms with Gasteiger partial charge in [0, 0.05) is 6.04 Å². The van der Waals surface area contributed by atoms with Gasteiger partial charge in [-0.05, 0) is 50.8 Å². The van der Waals surface area contributed by atoms with Crippen LogP contribution in [0.3, 0.4) is 0 Å². The highest BCUT2D eigenvalue weighted by Gasteiger charge is 2.14. The SMILES string of the molecule is CCCNC(CC)C(C)CCOc1ccccc1OCC. The molecule has 1 aromatic carbocycles. The van der Waals surface area contributed by atoms with Gasteiger partial charge in [-0.3, -0.25) is 0 Å². The van der Waals surface area contributed by atoms with Gasteiger partial charge in [0.15, 0.2) is 11.5 Å². The molecule has 1 rings (SSSR count). The zero-order valence-corrected chi connectivity index (χ0v) is 14.0. The van der Waals surface area contributed by atoms with Gasteiger partial charge in [0.1, 0.15) is 0 Å². The molecule has 0 amide bonds. The Bertz CT molecular complexity index is 381. The van der Waals surface area contributed by atoms with E-state index >= 15 is 0 Å². The molecule has 3 heteroatoms. The lowest BCUT2D eigenvalue weighted by molar-refractivity contribution is 0.238. The summed E-state index contributed by atoms with van der Waals surface area (Å²) >= 11 is 0. The third-order valence-electron chi connectivity index (χ3n) is 3.76. The van der Waals surface area contributed by atoms with Crippen LogP contribution < -0.4 is 14.8 Å². The van der Waals surface area contributed by atoms with E-state index in [1.54, 1.807) is 0 Å².